The Morgan fingerprint density at radius 2 is 1.20 bits per heavy atom. The Morgan fingerprint density at radius 1 is 0.725 bits per heavy atom. The van der Waals surface area contributed by atoms with Gasteiger partial charge >= 0.3 is 0 Å². The first-order valence-corrected chi connectivity index (χ1v) is 31.5. The van der Waals surface area contributed by atoms with Crippen LogP contribution in [-0.4, -0.2) is 102 Å². The summed E-state index contributed by atoms with van der Waals surface area (Å²) in [4.78, 5) is 49.7. The number of carbonyl (C=O) groups is 2. The van der Waals surface area contributed by atoms with Crippen molar-refractivity contribution in [3.05, 3.63) is 170 Å². The van der Waals surface area contributed by atoms with Gasteiger partial charge in [0.05, 0.1) is 67.9 Å². The van der Waals surface area contributed by atoms with E-state index in [2.05, 4.69) is 90.0 Å². The van der Waals surface area contributed by atoms with E-state index in [0.29, 0.717) is 71.2 Å². The summed E-state index contributed by atoms with van der Waals surface area (Å²) in [7, 11) is 0.0122. The summed E-state index contributed by atoms with van der Waals surface area (Å²) >= 11 is 12.7. The molecule has 0 aliphatic carbocycles. The lowest BCUT2D eigenvalue weighted by Crippen LogP contribution is -2.37. The van der Waals surface area contributed by atoms with Crippen molar-refractivity contribution in [1.82, 2.24) is 34.0 Å². The second-order valence-corrected chi connectivity index (χ2v) is 26.3. The van der Waals surface area contributed by atoms with Gasteiger partial charge in [-0.2, -0.15) is 8.42 Å². The number of aryl methyl sites for hydroxylation is 3. The molecule has 8 rings (SSSR count). The number of aliphatic hydroxyl groups is 2. The van der Waals surface area contributed by atoms with Crippen molar-refractivity contribution in [2.24, 2.45) is 14.1 Å². The monoisotopic (exact) mass is 1310 g/mol. The number of nitrogens with zero attached hydrogens (tertiary/aromatic N) is 6. The normalized spacial score (nSPS) is 12.0. The highest BCUT2D eigenvalue weighted by Crippen LogP contribution is 2.33. The van der Waals surface area contributed by atoms with Crippen LogP contribution in [0.15, 0.2) is 125 Å². The van der Waals surface area contributed by atoms with Gasteiger partial charge in [0, 0.05) is 91.6 Å². The Labute approximate surface area is 547 Å². The fourth-order valence-electron chi connectivity index (χ4n) is 9.55. The van der Waals surface area contributed by atoms with E-state index in [1.807, 2.05) is 85.4 Å². The lowest BCUT2D eigenvalue weighted by atomic mass is 9.96. The van der Waals surface area contributed by atoms with Crippen LogP contribution in [0, 0.1) is 6.92 Å². The topological polar surface area (TPSA) is 265 Å². The van der Waals surface area contributed by atoms with Gasteiger partial charge in [0.25, 0.3) is 28.1 Å². The zero-order valence-electron chi connectivity index (χ0n) is 53.3. The SMILES string of the molecule is C.C.CC(C)Oc1cc(N)c(C(=O)N[C@H](CCO)Cc2ccc(-c3cn(C)c(C(C)(C)C)n3)cc2)cc1Cl.CC(C)Oc1cc2ncn([C@H](CCO)Cc3ccc(-c4cn(C)c(C(C)(C)C)n4)cc3)c(=O)c2cc1Cl.CCOC=O.Cc1ccc(S(=O)(=O)O)cc1. The number of carbonyl (C=O) groups excluding carboxylic acids is 2. The molecule has 0 saturated heterocycles. The number of imidazole rings is 2. The predicted molar refractivity (Wildman–Crippen MR) is 366 cm³/mol. The van der Waals surface area contributed by atoms with Crippen LogP contribution in [0.2, 0.25) is 10.0 Å². The molecule has 22 heteroatoms. The molecule has 0 radical (unpaired) electrons. The van der Waals surface area contributed by atoms with Crippen molar-refractivity contribution in [3.8, 4) is 34.0 Å². The van der Waals surface area contributed by atoms with E-state index in [4.69, 9.17) is 52.9 Å². The molecule has 0 spiro atoms. The molecule has 3 heterocycles. The summed E-state index contributed by atoms with van der Waals surface area (Å²) in [5.41, 5.74) is 13.9. The van der Waals surface area contributed by atoms with E-state index in [1.54, 1.807) is 48.1 Å². The molecule has 5 aromatic carbocycles. The molecule has 0 aliphatic rings. The zero-order chi connectivity index (χ0) is 66.1. The minimum atomic E-state index is -4.02. The molecule has 2 atom stereocenters. The number of aromatic nitrogens is 6. The molecule has 91 heavy (non-hydrogen) atoms. The number of nitrogens with one attached hydrogen (secondary N) is 1. The van der Waals surface area contributed by atoms with Gasteiger partial charge in [-0.3, -0.25) is 23.5 Å². The smallest absolute Gasteiger partial charge is 0.294 e. The van der Waals surface area contributed by atoms with Gasteiger partial charge in [-0.1, -0.05) is 146 Å². The molecule has 496 valence electrons. The fourth-order valence-corrected chi connectivity index (χ4v) is 10.4. The zero-order valence-corrected chi connectivity index (χ0v) is 55.7. The molecular weight excluding hydrogens is 1220 g/mol. The summed E-state index contributed by atoms with van der Waals surface area (Å²) in [6, 6.07) is 28.2. The molecule has 19 nitrogen and oxygen atoms in total. The van der Waals surface area contributed by atoms with Crippen molar-refractivity contribution in [3.63, 3.8) is 0 Å². The van der Waals surface area contributed by atoms with Crippen LogP contribution < -0.4 is 26.1 Å². The number of benzene rings is 5. The van der Waals surface area contributed by atoms with E-state index in [-0.39, 0.29) is 90.8 Å². The van der Waals surface area contributed by atoms with Crippen molar-refractivity contribution >= 4 is 62.3 Å². The van der Waals surface area contributed by atoms with Crippen molar-refractivity contribution in [1.29, 1.82) is 0 Å². The number of nitrogens with two attached hydrogens (primary N) is 1. The minimum Gasteiger partial charge on any atom is -0.489 e. The Hall–Kier alpha value is -7.59. The van der Waals surface area contributed by atoms with Crippen LogP contribution in [0.5, 0.6) is 11.5 Å². The highest BCUT2D eigenvalue weighted by molar-refractivity contribution is 7.85. The molecule has 1 amide bonds. The van der Waals surface area contributed by atoms with E-state index in [9.17, 15) is 33.0 Å². The van der Waals surface area contributed by atoms with E-state index >= 15 is 0 Å². The lowest BCUT2D eigenvalue weighted by Gasteiger charge is -2.20. The van der Waals surface area contributed by atoms with Crippen molar-refractivity contribution in [2.75, 3.05) is 25.6 Å². The summed E-state index contributed by atoms with van der Waals surface area (Å²) < 4.78 is 50.8. The quantitative estimate of drug-likeness (QED) is 0.0270. The van der Waals surface area contributed by atoms with Gasteiger partial charge in [-0.25, -0.2) is 15.0 Å². The van der Waals surface area contributed by atoms with Crippen LogP contribution in [0.3, 0.4) is 0 Å². The number of rotatable bonds is 20. The van der Waals surface area contributed by atoms with Gasteiger partial charge in [0.2, 0.25) is 0 Å². The predicted octanol–water partition coefficient (Wildman–Crippen LogP) is 13.5. The van der Waals surface area contributed by atoms with Gasteiger partial charge < -0.3 is 44.6 Å². The number of hydrogen-bond acceptors (Lipinski definition) is 14. The van der Waals surface area contributed by atoms with Gasteiger partial charge in [-0.15, -0.1) is 0 Å². The van der Waals surface area contributed by atoms with Crippen LogP contribution in [-0.2, 0) is 57.4 Å². The first kappa shape index (κ1) is 77.7. The third-order valence-electron chi connectivity index (χ3n) is 13.7. The maximum absolute atomic E-state index is 13.4. The van der Waals surface area contributed by atoms with Gasteiger partial charge in [0.15, 0.2) is 0 Å². The molecular formula is C69H94Cl2N8O11S. The number of ether oxygens (including phenoxy) is 3. The number of fused-ring (bicyclic) bond motifs is 1. The number of halogens is 2. The largest absolute Gasteiger partial charge is 0.489 e. The molecule has 8 aromatic rings. The second-order valence-electron chi connectivity index (χ2n) is 24.1. The number of hydrogen-bond donors (Lipinski definition) is 5. The maximum atomic E-state index is 13.4. The fraction of sp³-hybridized carbons (Fsp3) is 0.420. The third kappa shape index (κ3) is 22.6. The summed E-state index contributed by atoms with van der Waals surface area (Å²) in [6.07, 6.45) is 7.49. The minimum absolute atomic E-state index is 0. The standard InChI is InChI=1S/C29H35ClN4O3.C28H37ClN4O3.C7H8O3S.C3H6O2.2CH4/c1-18(2)37-26-15-24-22(14-23(26)30)27(36)34(17-31-24)21(11-12-35)13-19-7-9-20(10-8-19)25-16-33(6)28(32-25)29(3,4)5;1-17(2)36-25-15-23(30)21(14-22(25)29)26(35)31-20(11-12-34)13-18-7-9-19(10-8-18)24-16-33(6)27(32-24)28(3,4)5;1-6-2-4-7(5-3-6)11(8,9)10;1-2-5-3-4;;/h7-10,14-18,21,35H,11-13H2,1-6H3;7-10,14-17,20,34H,11-13,30H2,1-6H3,(H,31,35);2-5H,1H3,(H,8,9,10);3H,2H2,1H3;2*1H4/t21-;20-;;;;/m11..../s1. The first-order chi connectivity index (χ1) is 41.8. The van der Waals surface area contributed by atoms with E-state index in [0.717, 1.165) is 50.9 Å². The van der Waals surface area contributed by atoms with Crippen LogP contribution in [0.1, 0.15) is 149 Å². The first-order valence-electron chi connectivity index (χ1n) is 29.3. The molecule has 0 bridgehead atoms. The van der Waals surface area contributed by atoms with Crippen LogP contribution in [0.4, 0.5) is 5.69 Å². The van der Waals surface area contributed by atoms with Crippen molar-refractivity contribution in [2.45, 2.75) is 164 Å². The molecule has 0 saturated carbocycles. The lowest BCUT2D eigenvalue weighted by molar-refractivity contribution is -0.128. The number of amides is 1. The Bertz CT molecular complexity index is 3800. The Morgan fingerprint density at radius 3 is 1.62 bits per heavy atom. The Balaban J connectivity index is 0.000000376. The number of nitrogen functional groups attached to an aromatic ring is 1. The van der Waals surface area contributed by atoms with E-state index in [1.165, 1.54) is 18.2 Å². The summed E-state index contributed by atoms with van der Waals surface area (Å²) in [5, 5.41) is 23.4. The van der Waals surface area contributed by atoms with Gasteiger partial charge in [-0.05, 0) is 103 Å². The van der Waals surface area contributed by atoms with Crippen LogP contribution >= 0.6 is 23.2 Å². The molecule has 0 fully saturated rings. The van der Waals surface area contributed by atoms with Crippen molar-refractivity contribution < 1.29 is 47.0 Å². The average Bonchev–Trinajstić information content (AvgIpc) is 1.48. The van der Waals surface area contributed by atoms with E-state index < -0.39 is 10.1 Å². The second kappa shape index (κ2) is 34.7. The third-order valence-corrected chi connectivity index (χ3v) is 15.1. The highest BCUT2D eigenvalue weighted by atomic mass is 35.5. The number of anilines is 1. The molecule has 6 N–H and O–H groups in total. The summed E-state index contributed by atoms with van der Waals surface area (Å²) in [6.45, 7) is 24.9. The highest BCUT2D eigenvalue weighted by Gasteiger charge is 2.24. The number of aliphatic hydroxyl groups excluding tert-OH is 2. The molecule has 0 unspecified atom stereocenters. The molecule has 3 aromatic heterocycles. The van der Waals surface area contributed by atoms with Gasteiger partial charge in [0.1, 0.15) is 23.1 Å². The molecule has 0 aliphatic heterocycles. The summed E-state index contributed by atoms with van der Waals surface area (Å²) in [5.74, 6) is 2.65. The maximum Gasteiger partial charge on any atom is 0.294 e. The Kier molecular flexibility index (Phi) is 29.6. The average molecular weight is 1310 g/mol. The van der Waals surface area contributed by atoms with Crippen LogP contribution in [0.25, 0.3) is 33.4 Å².